The summed E-state index contributed by atoms with van der Waals surface area (Å²) in [7, 11) is 0. The summed E-state index contributed by atoms with van der Waals surface area (Å²) in [6.07, 6.45) is 0. The van der Waals surface area contributed by atoms with Gasteiger partial charge in [0.1, 0.15) is 11.2 Å². The molecule has 0 saturated heterocycles. The van der Waals surface area contributed by atoms with Gasteiger partial charge in [0.2, 0.25) is 0 Å². The van der Waals surface area contributed by atoms with Crippen molar-refractivity contribution in [3.05, 3.63) is 247 Å². The van der Waals surface area contributed by atoms with Crippen molar-refractivity contribution >= 4 is 21.9 Å². The van der Waals surface area contributed by atoms with Crippen molar-refractivity contribution in [2.24, 2.45) is 0 Å². The summed E-state index contributed by atoms with van der Waals surface area (Å²) in [5, 5.41) is 2.23. The van der Waals surface area contributed by atoms with Crippen LogP contribution in [-0.2, 0) is 5.41 Å². The molecule has 0 atom stereocenters. The predicted octanol–water partition coefficient (Wildman–Crippen LogP) is 14.5. The molecule has 2 aromatic heterocycles. The molecule has 1 aliphatic rings. The van der Waals surface area contributed by atoms with E-state index < -0.39 is 5.41 Å². The van der Waals surface area contributed by atoms with Gasteiger partial charge in [-0.15, -0.1) is 0 Å². The highest BCUT2D eigenvalue weighted by Gasteiger charge is 2.46. The highest BCUT2D eigenvalue weighted by molar-refractivity contribution is 6.05. The Labute approximate surface area is 359 Å². The van der Waals surface area contributed by atoms with Crippen LogP contribution in [0.3, 0.4) is 0 Å². The maximum Gasteiger partial charge on any atom is 0.164 e. The summed E-state index contributed by atoms with van der Waals surface area (Å²) in [6.45, 7) is 0. The van der Waals surface area contributed by atoms with Crippen molar-refractivity contribution in [1.82, 2.24) is 15.0 Å². The molecule has 62 heavy (non-hydrogen) atoms. The minimum Gasteiger partial charge on any atom is -0.456 e. The van der Waals surface area contributed by atoms with E-state index in [1.807, 2.05) is 24.3 Å². The first-order valence-electron chi connectivity index (χ1n) is 21.0. The molecule has 4 heteroatoms. The fourth-order valence-corrected chi connectivity index (χ4v) is 9.50. The maximum absolute atomic E-state index is 6.52. The van der Waals surface area contributed by atoms with E-state index in [4.69, 9.17) is 19.4 Å². The molecular formula is C58H37N3O. The molecule has 0 aliphatic heterocycles. The van der Waals surface area contributed by atoms with Crippen molar-refractivity contribution < 1.29 is 4.42 Å². The largest absolute Gasteiger partial charge is 0.456 e. The van der Waals surface area contributed by atoms with E-state index in [2.05, 4.69) is 200 Å². The quantitative estimate of drug-likeness (QED) is 0.161. The number of rotatable bonds is 7. The van der Waals surface area contributed by atoms with Crippen molar-refractivity contribution in [3.63, 3.8) is 0 Å². The Balaban J connectivity index is 1.00. The number of fused-ring (bicyclic) bond motifs is 6. The Bertz CT molecular complexity index is 3280. The first-order chi connectivity index (χ1) is 30.7. The summed E-state index contributed by atoms with van der Waals surface area (Å²) in [6, 6.07) is 79.3. The number of hydrogen-bond acceptors (Lipinski definition) is 4. The number of benzene rings is 9. The van der Waals surface area contributed by atoms with Crippen LogP contribution < -0.4 is 0 Å². The molecule has 11 aromatic rings. The van der Waals surface area contributed by atoms with Crippen molar-refractivity contribution in [1.29, 1.82) is 0 Å². The third kappa shape index (κ3) is 5.80. The molecule has 0 saturated carbocycles. The minimum absolute atomic E-state index is 0.602. The Morgan fingerprint density at radius 1 is 0.290 bits per heavy atom. The van der Waals surface area contributed by atoms with Crippen LogP contribution in [0.4, 0.5) is 0 Å². The molecule has 1 aliphatic carbocycles. The van der Waals surface area contributed by atoms with Gasteiger partial charge in [0, 0.05) is 27.5 Å². The summed E-state index contributed by atoms with van der Waals surface area (Å²) >= 11 is 0. The lowest BCUT2D eigenvalue weighted by Crippen LogP contribution is -2.28. The lowest BCUT2D eigenvalue weighted by Gasteiger charge is -2.34. The van der Waals surface area contributed by atoms with Crippen LogP contribution in [-0.4, -0.2) is 15.0 Å². The van der Waals surface area contributed by atoms with E-state index in [1.54, 1.807) is 0 Å². The van der Waals surface area contributed by atoms with Crippen molar-refractivity contribution in [2.75, 3.05) is 0 Å². The summed E-state index contributed by atoms with van der Waals surface area (Å²) in [4.78, 5) is 15.4. The smallest absolute Gasteiger partial charge is 0.164 e. The molecule has 0 spiro atoms. The highest BCUT2D eigenvalue weighted by atomic mass is 16.3. The third-order valence-electron chi connectivity index (χ3n) is 12.5. The number of furan rings is 1. The topological polar surface area (TPSA) is 51.8 Å². The normalized spacial score (nSPS) is 12.6. The van der Waals surface area contributed by atoms with Gasteiger partial charge in [-0.05, 0) is 67.8 Å². The fraction of sp³-hybridized carbons (Fsp3) is 0.0172. The zero-order valence-electron chi connectivity index (χ0n) is 33.6. The molecular weight excluding hydrogens is 755 g/mol. The van der Waals surface area contributed by atoms with Crippen LogP contribution in [0.25, 0.3) is 89.5 Å². The molecule has 0 N–H and O–H groups in total. The molecule has 9 aromatic carbocycles. The van der Waals surface area contributed by atoms with Crippen molar-refractivity contribution in [3.8, 4) is 67.5 Å². The predicted molar refractivity (Wildman–Crippen MR) is 252 cm³/mol. The number of para-hydroxylation sites is 1. The average molecular weight is 792 g/mol. The average Bonchev–Trinajstić information content (AvgIpc) is 3.88. The highest BCUT2D eigenvalue weighted by Crippen LogP contribution is 2.56. The van der Waals surface area contributed by atoms with E-state index in [-0.39, 0.29) is 0 Å². The van der Waals surface area contributed by atoms with E-state index >= 15 is 0 Å². The van der Waals surface area contributed by atoms with Crippen LogP contribution >= 0.6 is 0 Å². The molecule has 0 fully saturated rings. The summed E-state index contributed by atoms with van der Waals surface area (Å²) < 4.78 is 6.52. The molecule has 290 valence electrons. The number of aromatic nitrogens is 3. The summed E-state index contributed by atoms with van der Waals surface area (Å²) in [5.41, 5.74) is 15.8. The van der Waals surface area contributed by atoms with Gasteiger partial charge in [-0.25, -0.2) is 15.0 Å². The minimum atomic E-state index is -0.602. The second-order valence-electron chi connectivity index (χ2n) is 15.9. The van der Waals surface area contributed by atoms with Gasteiger partial charge in [0.05, 0.1) is 5.41 Å². The zero-order chi connectivity index (χ0) is 41.0. The summed E-state index contributed by atoms with van der Waals surface area (Å²) in [5.74, 6) is 1.85. The van der Waals surface area contributed by atoms with Crippen LogP contribution in [0.5, 0.6) is 0 Å². The lowest BCUT2D eigenvalue weighted by atomic mass is 9.67. The maximum atomic E-state index is 6.52. The van der Waals surface area contributed by atoms with Gasteiger partial charge in [-0.1, -0.05) is 212 Å². The number of nitrogens with zero attached hydrogens (tertiary/aromatic N) is 3. The first kappa shape index (κ1) is 35.7. The van der Waals surface area contributed by atoms with Gasteiger partial charge >= 0.3 is 0 Å². The third-order valence-corrected chi connectivity index (χ3v) is 12.5. The van der Waals surface area contributed by atoms with E-state index in [0.29, 0.717) is 17.5 Å². The Hall–Kier alpha value is -8.21. The van der Waals surface area contributed by atoms with Crippen molar-refractivity contribution in [2.45, 2.75) is 5.41 Å². The fourth-order valence-electron chi connectivity index (χ4n) is 9.50. The standard InChI is InChI=1S/C58H37N3O/c1-3-13-38(14-4-1)40-23-27-42(28-24-40)55-59-56(43-29-25-41(26-30-43)39-15-5-2-6-16-39)61-57(60-55)44-31-33-45(34-32-44)58(51-20-10-7-17-47(51)48-18-8-11-21-52(48)58)46-35-36-50-49-19-9-12-22-53(49)62-54(50)37-46/h1-37H. The van der Waals surface area contributed by atoms with Gasteiger partial charge in [-0.3, -0.25) is 0 Å². The second kappa shape index (κ2) is 14.5. The van der Waals surface area contributed by atoms with Crippen LogP contribution in [0.2, 0.25) is 0 Å². The monoisotopic (exact) mass is 791 g/mol. The molecule has 0 radical (unpaired) electrons. The van der Waals surface area contributed by atoms with Gasteiger partial charge in [-0.2, -0.15) is 0 Å². The van der Waals surface area contributed by atoms with E-state index in [0.717, 1.165) is 72.0 Å². The Morgan fingerprint density at radius 3 is 1.21 bits per heavy atom. The van der Waals surface area contributed by atoms with Gasteiger partial charge in [0.15, 0.2) is 17.5 Å². The Morgan fingerprint density at radius 2 is 0.677 bits per heavy atom. The van der Waals surface area contributed by atoms with Crippen LogP contribution in [0.1, 0.15) is 22.3 Å². The number of hydrogen-bond donors (Lipinski definition) is 0. The van der Waals surface area contributed by atoms with Gasteiger partial charge < -0.3 is 4.42 Å². The lowest BCUT2D eigenvalue weighted by molar-refractivity contribution is 0.665. The van der Waals surface area contributed by atoms with E-state index in [1.165, 1.54) is 22.3 Å². The molecule has 4 nitrogen and oxygen atoms in total. The van der Waals surface area contributed by atoms with Crippen LogP contribution in [0.15, 0.2) is 229 Å². The first-order valence-corrected chi connectivity index (χ1v) is 21.0. The molecule has 0 unspecified atom stereocenters. The molecule has 12 rings (SSSR count). The zero-order valence-corrected chi connectivity index (χ0v) is 33.6. The second-order valence-corrected chi connectivity index (χ2v) is 15.9. The SMILES string of the molecule is c1ccc(-c2ccc(-c3nc(-c4ccc(-c5ccccc5)cc4)nc(-c4ccc(C5(c6ccc7c(c6)oc6ccccc67)c6ccccc6-c6ccccc65)cc4)n3)cc2)cc1. The molecule has 2 heterocycles. The van der Waals surface area contributed by atoms with Gasteiger partial charge in [0.25, 0.3) is 0 Å². The van der Waals surface area contributed by atoms with E-state index in [9.17, 15) is 0 Å². The van der Waals surface area contributed by atoms with Crippen LogP contribution in [0, 0.1) is 0 Å². The molecule has 0 bridgehead atoms. The molecule has 0 amide bonds. The Kier molecular flexibility index (Phi) is 8.36.